The largest absolute Gasteiger partial charge is 0.353 e. The van der Waals surface area contributed by atoms with Crippen LogP contribution in [0.2, 0.25) is 0 Å². The Morgan fingerprint density at radius 3 is 2.47 bits per heavy atom. The summed E-state index contributed by atoms with van der Waals surface area (Å²) in [6, 6.07) is 0.477. The summed E-state index contributed by atoms with van der Waals surface area (Å²) in [7, 11) is 0. The van der Waals surface area contributed by atoms with E-state index in [4.69, 9.17) is 0 Å². The van der Waals surface area contributed by atoms with Gasteiger partial charge in [0.1, 0.15) is 0 Å². The summed E-state index contributed by atoms with van der Waals surface area (Å²) in [6.07, 6.45) is 1.79. The second kappa shape index (κ2) is 4.60. The maximum absolute atomic E-state index is 11.9. The van der Waals surface area contributed by atoms with Gasteiger partial charge in [0.05, 0.1) is 0 Å². The van der Waals surface area contributed by atoms with Crippen LogP contribution in [0, 0.1) is 23.2 Å². The maximum Gasteiger partial charge on any atom is 0.220 e. The number of carbonyl (C=O) groups is 1. The zero-order valence-electron chi connectivity index (χ0n) is 11.5. The number of nitrogens with one attached hydrogen (secondary N) is 2. The van der Waals surface area contributed by atoms with Gasteiger partial charge in [-0.05, 0) is 29.6 Å². The van der Waals surface area contributed by atoms with E-state index in [2.05, 4.69) is 38.3 Å². The van der Waals surface area contributed by atoms with Crippen molar-refractivity contribution in [1.82, 2.24) is 10.6 Å². The van der Waals surface area contributed by atoms with Crippen LogP contribution in [0.3, 0.4) is 0 Å². The first-order valence-electron chi connectivity index (χ1n) is 6.87. The van der Waals surface area contributed by atoms with Gasteiger partial charge in [-0.25, -0.2) is 0 Å². The molecule has 2 N–H and O–H groups in total. The Morgan fingerprint density at radius 2 is 1.94 bits per heavy atom. The number of amides is 1. The van der Waals surface area contributed by atoms with Crippen LogP contribution >= 0.6 is 0 Å². The molecule has 0 aromatic rings. The van der Waals surface area contributed by atoms with E-state index in [1.54, 1.807) is 0 Å². The topological polar surface area (TPSA) is 41.1 Å². The fourth-order valence-electron chi connectivity index (χ4n) is 3.31. The fraction of sp³-hybridized carbons (Fsp3) is 0.929. The highest BCUT2D eigenvalue weighted by Gasteiger charge is 2.53. The minimum absolute atomic E-state index is 0.251. The Balaban J connectivity index is 1.67. The van der Waals surface area contributed by atoms with E-state index in [1.807, 2.05) is 0 Å². The van der Waals surface area contributed by atoms with Gasteiger partial charge in [-0.1, -0.05) is 27.7 Å². The molecule has 2 aliphatic rings. The van der Waals surface area contributed by atoms with Crippen molar-refractivity contribution in [2.24, 2.45) is 23.2 Å². The van der Waals surface area contributed by atoms with Crippen molar-refractivity contribution in [2.45, 2.75) is 46.6 Å². The third-order valence-corrected chi connectivity index (χ3v) is 3.91. The van der Waals surface area contributed by atoms with E-state index >= 15 is 0 Å². The minimum Gasteiger partial charge on any atom is -0.353 e. The van der Waals surface area contributed by atoms with Gasteiger partial charge in [0, 0.05) is 25.6 Å². The van der Waals surface area contributed by atoms with Crippen LogP contribution in [-0.2, 0) is 4.79 Å². The zero-order valence-corrected chi connectivity index (χ0v) is 11.5. The Kier molecular flexibility index (Phi) is 3.48. The predicted molar refractivity (Wildman–Crippen MR) is 69.6 cm³/mol. The summed E-state index contributed by atoms with van der Waals surface area (Å²) in [4.78, 5) is 11.9. The number of fused-ring (bicyclic) bond motifs is 1. The van der Waals surface area contributed by atoms with Crippen LogP contribution in [-0.4, -0.2) is 25.0 Å². The van der Waals surface area contributed by atoms with Gasteiger partial charge >= 0.3 is 0 Å². The Morgan fingerprint density at radius 1 is 1.35 bits per heavy atom. The molecule has 1 heterocycles. The van der Waals surface area contributed by atoms with E-state index in [0.29, 0.717) is 23.8 Å². The van der Waals surface area contributed by atoms with Gasteiger partial charge in [-0.15, -0.1) is 0 Å². The fourth-order valence-corrected chi connectivity index (χ4v) is 3.31. The maximum atomic E-state index is 11.9. The SMILES string of the molecule is CC(CC(=O)NC1C2CNCC21)CC(C)(C)C. The summed E-state index contributed by atoms with van der Waals surface area (Å²) < 4.78 is 0. The molecule has 3 nitrogen and oxygen atoms in total. The van der Waals surface area contributed by atoms with Crippen LogP contribution in [0.1, 0.15) is 40.5 Å². The molecular weight excluding hydrogens is 212 g/mol. The van der Waals surface area contributed by atoms with Crippen LogP contribution in [0.25, 0.3) is 0 Å². The van der Waals surface area contributed by atoms with Crippen molar-refractivity contribution in [3.8, 4) is 0 Å². The highest BCUT2D eigenvalue weighted by atomic mass is 16.1. The van der Waals surface area contributed by atoms with Crippen molar-refractivity contribution < 1.29 is 4.79 Å². The molecule has 0 aromatic heterocycles. The zero-order chi connectivity index (χ0) is 12.6. The number of hydrogen-bond donors (Lipinski definition) is 2. The number of rotatable bonds is 4. The second-order valence-electron chi connectivity index (χ2n) is 7.15. The van der Waals surface area contributed by atoms with Gasteiger partial charge in [0.2, 0.25) is 5.91 Å². The Bertz CT molecular complexity index is 285. The van der Waals surface area contributed by atoms with E-state index in [-0.39, 0.29) is 5.91 Å². The lowest BCUT2D eigenvalue weighted by Gasteiger charge is -2.23. The molecule has 2 fully saturated rings. The monoisotopic (exact) mass is 238 g/mol. The lowest BCUT2D eigenvalue weighted by Crippen LogP contribution is -2.33. The highest BCUT2D eigenvalue weighted by Crippen LogP contribution is 2.41. The average Bonchev–Trinajstić information content (AvgIpc) is 2.59. The smallest absolute Gasteiger partial charge is 0.220 e. The molecule has 3 atom stereocenters. The molecule has 0 radical (unpaired) electrons. The molecule has 17 heavy (non-hydrogen) atoms. The van der Waals surface area contributed by atoms with Crippen molar-refractivity contribution in [1.29, 1.82) is 0 Å². The summed E-state index contributed by atoms with van der Waals surface area (Å²) >= 11 is 0. The molecule has 0 spiro atoms. The van der Waals surface area contributed by atoms with E-state index in [1.165, 1.54) is 0 Å². The number of carbonyl (C=O) groups excluding carboxylic acids is 1. The van der Waals surface area contributed by atoms with E-state index in [9.17, 15) is 4.79 Å². The van der Waals surface area contributed by atoms with Crippen molar-refractivity contribution in [3.63, 3.8) is 0 Å². The molecule has 2 rings (SSSR count). The van der Waals surface area contributed by atoms with Crippen molar-refractivity contribution in [2.75, 3.05) is 13.1 Å². The van der Waals surface area contributed by atoms with Crippen LogP contribution < -0.4 is 10.6 Å². The van der Waals surface area contributed by atoms with E-state index < -0.39 is 0 Å². The van der Waals surface area contributed by atoms with Crippen LogP contribution in [0.15, 0.2) is 0 Å². The average molecular weight is 238 g/mol. The van der Waals surface area contributed by atoms with Crippen LogP contribution in [0.5, 0.6) is 0 Å². The minimum atomic E-state index is 0.251. The number of hydrogen-bond acceptors (Lipinski definition) is 2. The molecule has 0 bridgehead atoms. The standard InChI is InChI=1S/C14H26N2O/c1-9(6-14(2,3)4)5-12(17)16-13-10-7-15-8-11(10)13/h9-11,13,15H,5-8H2,1-4H3,(H,16,17). The summed E-state index contributed by atoms with van der Waals surface area (Å²) in [5.74, 6) is 2.17. The molecule has 1 aliphatic heterocycles. The van der Waals surface area contributed by atoms with Gasteiger partial charge in [-0.2, -0.15) is 0 Å². The van der Waals surface area contributed by atoms with Crippen LogP contribution in [0.4, 0.5) is 0 Å². The van der Waals surface area contributed by atoms with Gasteiger partial charge in [-0.3, -0.25) is 4.79 Å². The van der Waals surface area contributed by atoms with Crippen molar-refractivity contribution in [3.05, 3.63) is 0 Å². The van der Waals surface area contributed by atoms with E-state index in [0.717, 1.165) is 31.3 Å². The first-order valence-corrected chi connectivity index (χ1v) is 6.87. The van der Waals surface area contributed by atoms with Gasteiger partial charge in [0.25, 0.3) is 0 Å². The first kappa shape index (κ1) is 12.9. The molecule has 1 aliphatic carbocycles. The lowest BCUT2D eigenvalue weighted by molar-refractivity contribution is -0.122. The number of piperidine rings is 1. The second-order valence-corrected chi connectivity index (χ2v) is 7.15. The Labute approximate surface area is 105 Å². The molecule has 1 amide bonds. The lowest BCUT2D eigenvalue weighted by atomic mass is 9.84. The normalized spacial score (nSPS) is 33.1. The van der Waals surface area contributed by atoms with Gasteiger partial charge in [0.15, 0.2) is 0 Å². The molecule has 98 valence electrons. The predicted octanol–water partition coefficient (Wildman–Crippen LogP) is 1.78. The molecule has 3 heteroatoms. The molecular formula is C14H26N2O. The molecule has 1 saturated carbocycles. The third-order valence-electron chi connectivity index (χ3n) is 3.91. The summed E-state index contributed by atoms with van der Waals surface area (Å²) in [5.41, 5.74) is 0.319. The summed E-state index contributed by atoms with van der Waals surface area (Å²) in [6.45, 7) is 11.1. The van der Waals surface area contributed by atoms with Gasteiger partial charge < -0.3 is 10.6 Å². The highest BCUT2D eigenvalue weighted by molar-refractivity contribution is 5.77. The molecule has 0 aromatic carbocycles. The first-order chi connectivity index (χ1) is 7.87. The van der Waals surface area contributed by atoms with Crippen molar-refractivity contribution >= 4 is 5.91 Å². The quantitative estimate of drug-likeness (QED) is 0.784. The Hall–Kier alpha value is -0.570. The third kappa shape index (κ3) is 3.44. The summed E-state index contributed by atoms with van der Waals surface area (Å²) in [5, 5.41) is 6.54. The molecule has 3 unspecified atom stereocenters. The molecule has 1 saturated heterocycles.